The predicted molar refractivity (Wildman–Crippen MR) is 84.1 cm³/mol. The van der Waals surface area contributed by atoms with Gasteiger partial charge < -0.3 is 9.47 Å². The molecule has 0 saturated carbocycles. The fourth-order valence-corrected chi connectivity index (χ4v) is 2.48. The van der Waals surface area contributed by atoms with Crippen LogP contribution in [0.2, 0.25) is 0 Å². The first-order valence-corrected chi connectivity index (χ1v) is 7.52. The molecule has 120 valence electrons. The van der Waals surface area contributed by atoms with Gasteiger partial charge in [0.15, 0.2) is 0 Å². The minimum absolute atomic E-state index is 0.0455. The van der Waals surface area contributed by atoms with Crippen molar-refractivity contribution in [1.82, 2.24) is 4.90 Å². The van der Waals surface area contributed by atoms with Crippen molar-refractivity contribution in [2.45, 2.75) is 19.4 Å². The quantitative estimate of drug-likeness (QED) is 0.304. The maximum Gasteiger partial charge on any atom is 0.270 e. The van der Waals surface area contributed by atoms with Crippen LogP contribution in [0.25, 0.3) is 0 Å². The molecule has 1 saturated heterocycles. The van der Waals surface area contributed by atoms with Crippen molar-refractivity contribution in [2.75, 3.05) is 32.8 Å². The van der Waals surface area contributed by atoms with E-state index >= 15 is 0 Å². The molecular formula is C16H22N2O4. The summed E-state index contributed by atoms with van der Waals surface area (Å²) in [5.74, 6) is 0.647. The molecule has 6 nitrogen and oxygen atoms in total. The summed E-state index contributed by atoms with van der Waals surface area (Å²) in [6, 6.07) is 4.62. The summed E-state index contributed by atoms with van der Waals surface area (Å²) in [6.45, 7) is 7.96. The van der Waals surface area contributed by atoms with Crippen molar-refractivity contribution < 1.29 is 14.4 Å². The molecule has 2 rings (SSSR count). The van der Waals surface area contributed by atoms with Crippen LogP contribution in [0.1, 0.15) is 18.4 Å². The lowest BCUT2D eigenvalue weighted by Crippen LogP contribution is -2.25. The summed E-state index contributed by atoms with van der Waals surface area (Å²) < 4.78 is 11.2. The first kappa shape index (κ1) is 16.5. The molecule has 0 spiro atoms. The Labute approximate surface area is 130 Å². The van der Waals surface area contributed by atoms with Gasteiger partial charge >= 0.3 is 0 Å². The molecule has 0 aromatic heterocycles. The zero-order chi connectivity index (χ0) is 15.8. The average Bonchev–Trinajstić information content (AvgIpc) is 3.02. The van der Waals surface area contributed by atoms with Crippen LogP contribution in [-0.2, 0) is 11.3 Å². The highest BCUT2D eigenvalue weighted by Crippen LogP contribution is 2.25. The number of hydrogen-bond donors (Lipinski definition) is 0. The van der Waals surface area contributed by atoms with Crippen LogP contribution in [0.4, 0.5) is 5.69 Å². The second kappa shape index (κ2) is 8.51. The SMILES string of the molecule is C=CCOCc1cc([N+](=O)[O-])ccc1OCCN1CCCC1. The Morgan fingerprint density at radius 3 is 2.82 bits per heavy atom. The second-order valence-corrected chi connectivity index (χ2v) is 5.25. The van der Waals surface area contributed by atoms with E-state index in [0.717, 1.165) is 19.6 Å². The number of ether oxygens (including phenoxy) is 2. The third-order valence-corrected chi connectivity index (χ3v) is 3.61. The Balaban J connectivity index is 1.96. The lowest BCUT2D eigenvalue weighted by Gasteiger charge is -2.16. The van der Waals surface area contributed by atoms with E-state index in [1.807, 2.05) is 0 Å². The van der Waals surface area contributed by atoms with E-state index in [-0.39, 0.29) is 12.3 Å². The molecule has 0 N–H and O–H groups in total. The molecule has 0 unspecified atom stereocenters. The van der Waals surface area contributed by atoms with E-state index in [1.165, 1.54) is 25.0 Å². The molecule has 1 aliphatic heterocycles. The van der Waals surface area contributed by atoms with Gasteiger partial charge in [-0.15, -0.1) is 6.58 Å². The smallest absolute Gasteiger partial charge is 0.270 e. The van der Waals surface area contributed by atoms with Gasteiger partial charge in [0.2, 0.25) is 0 Å². The number of non-ortho nitro benzene ring substituents is 1. The molecule has 1 aromatic rings. The number of nitro benzene ring substituents is 1. The Hall–Kier alpha value is -1.92. The van der Waals surface area contributed by atoms with Crippen molar-refractivity contribution in [3.05, 3.63) is 46.5 Å². The molecule has 6 heteroatoms. The fraction of sp³-hybridized carbons (Fsp3) is 0.500. The number of likely N-dealkylation sites (tertiary alicyclic amines) is 1. The van der Waals surface area contributed by atoms with Gasteiger partial charge in [0.05, 0.1) is 18.1 Å². The van der Waals surface area contributed by atoms with Crippen LogP contribution < -0.4 is 4.74 Å². The summed E-state index contributed by atoms with van der Waals surface area (Å²) in [6.07, 6.45) is 4.14. The number of rotatable bonds is 9. The number of benzene rings is 1. The van der Waals surface area contributed by atoms with Gasteiger partial charge in [-0.1, -0.05) is 6.08 Å². The van der Waals surface area contributed by atoms with Crippen molar-refractivity contribution >= 4 is 5.69 Å². The second-order valence-electron chi connectivity index (χ2n) is 5.25. The van der Waals surface area contributed by atoms with Crippen LogP contribution in [0.5, 0.6) is 5.75 Å². The molecule has 1 aliphatic rings. The predicted octanol–water partition coefficient (Wildman–Crippen LogP) is 2.77. The molecule has 1 fully saturated rings. The maximum absolute atomic E-state index is 10.9. The van der Waals surface area contributed by atoms with Gasteiger partial charge in [-0.2, -0.15) is 0 Å². The van der Waals surface area contributed by atoms with E-state index < -0.39 is 4.92 Å². The van der Waals surface area contributed by atoms with Gasteiger partial charge in [0, 0.05) is 24.2 Å². The molecule has 1 heterocycles. The molecule has 0 atom stereocenters. The van der Waals surface area contributed by atoms with Crippen LogP contribution in [0.3, 0.4) is 0 Å². The van der Waals surface area contributed by atoms with Crippen LogP contribution in [-0.4, -0.2) is 42.7 Å². The van der Waals surface area contributed by atoms with Crippen LogP contribution in [0.15, 0.2) is 30.9 Å². The summed E-state index contributed by atoms with van der Waals surface area (Å²) >= 11 is 0. The van der Waals surface area contributed by atoms with Crippen molar-refractivity contribution in [1.29, 1.82) is 0 Å². The summed E-state index contributed by atoms with van der Waals surface area (Å²) in [7, 11) is 0. The van der Waals surface area contributed by atoms with Gasteiger partial charge in [0.1, 0.15) is 12.4 Å². The maximum atomic E-state index is 10.9. The topological polar surface area (TPSA) is 64.8 Å². The molecular weight excluding hydrogens is 284 g/mol. The molecule has 0 radical (unpaired) electrons. The lowest BCUT2D eigenvalue weighted by molar-refractivity contribution is -0.385. The first-order valence-electron chi connectivity index (χ1n) is 7.52. The third-order valence-electron chi connectivity index (χ3n) is 3.61. The normalized spacial score (nSPS) is 14.9. The minimum atomic E-state index is -0.412. The van der Waals surface area contributed by atoms with Gasteiger partial charge in [0.25, 0.3) is 5.69 Å². The number of nitrogens with zero attached hydrogens (tertiary/aromatic N) is 2. The minimum Gasteiger partial charge on any atom is -0.492 e. The highest BCUT2D eigenvalue weighted by Gasteiger charge is 2.14. The van der Waals surface area contributed by atoms with Gasteiger partial charge in [-0.25, -0.2) is 0 Å². The number of hydrogen-bond acceptors (Lipinski definition) is 5. The molecule has 22 heavy (non-hydrogen) atoms. The summed E-state index contributed by atoms with van der Waals surface area (Å²) in [4.78, 5) is 12.8. The van der Waals surface area contributed by atoms with Crippen molar-refractivity contribution in [3.63, 3.8) is 0 Å². The Morgan fingerprint density at radius 1 is 1.36 bits per heavy atom. The van der Waals surface area contributed by atoms with E-state index in [0.29, 0.717) is 24.5 Å². The monoisotopic (exact) mass is 306 g/mol. The lowest BCUT2D eigenvalue weighted by atomic mass is 10.2. The molecule has 1 aromatic carbocycles. The Bertz CT molecular complexity index is 513. The van der Waals surface area contributed by atoms with Crippen LogP contribution in [0, 0.1) is 10.1 Å². The first-order chi connectivity index (χ1) is 10.7. The van der Waals surface area contributed by atoms with Gasteiger partial charge in [-0.3, -0.25) is 15.0 Å². The van der Waals surface area contributed by atoms with E-state index in [1.54, 1.807) is 12.1 Å². The Morgan fingerprint density at radius 2 is 2.14 bits per heavy atom. The summed E-state index contributed by atoms with van der Waals surface area (Å²) in [5.41, 5.74) is 0.738. The zero-order valence-corrected chi connectivity index (χ0v) is 12.7. The standard InChI is InChI=1S/C16H22N2O4/c1-2-10-21-13-14-12-15(18(19)20)5-6-16(14)22-11-9-17-7-3-4-8-17/h2,5-6,12H,1,3-4,7-11,13H2. The van der Waals surface area contributed by atoms with Crippen molar-refractivity contribution in [2.24, 2.45) is 0 Å². The third kappa shape index (κ3) is 4.82. The largest absolute Gasteiger partial charge is 0.492 e. The van der Waals surface area contributed by atoms with E-state index in [2.05, 4.69) is 11.5 Å². The van der Waals surface area contributed by atoms with Gasteiger partial charge in [-0.05, 0) is 32.0 Å². The van der Waals surface area contributed by atoms with Crippen LogP contribution >= 0.6 is 0 Å². The molecule has 0 amide bonds. The summed E-state index contributed by atoms with van der Waals surface area (Å²) in [5, 5.41) is 10.9. The molecule has 0 aliphatic carbocycles. The zero-order valence-electron chi connectivity index (χ0n) is 12.7. The highest BCUT2D eigenvalue weighted by atomic mass is 16.6. The highest BCUT2D eigenvalue weighted by molar-refractivity contribution is 5.43. The van der Waals surface area contributed by atoms with Crippen molar-refractivity contribution in [3.8, 4) is 5.75 Å². The van der Waals surface area contributed by atoms with E-state index in [9.17, 15) is 10.1 Å². The molecule has 0 bridgehead atoms. The fourth-order valence-electron chi connectivity index (χ4n) is 2.48. The average molecular weight is 306 g/mol. The number of nitro groups is 1. The Kier molecular flexibility index (Phi) is 6.36. The van der Waals surface area contributed by atoms with E-state index in [4.69, 9.17) is 9.47 Å².